The Bertz CT molecular complexity index is 525. The van der Waals surface area contributed by atoms with Crippen LogP contribution in [0.1, 0.15) is 15.9 Å². The zero-order chi connectivity index (χ0) is 12.3. The maximum atomic E-state index is 13.3. The van der Waals surface area contributed by atoms with Crippen LogP contribution in [0.25, 0.3) is 0 Å². The molecule has 0 aliphatic heterocycles. The van der Waals surface area contributed by atoms with Gasteiger partial charge < -0.3 is 10.5 Å². The summed E-state index contributed by atoms with van der Waals surface area (Å²) in [7, 11) is 0. The van der Waals surface area contributed by atoms with E-state index >= 15 is 0 Å². The van der Waals surface area contributed by atoms with Gasteiger partial charge in [-0.05, 0) is 35.0 Å². The van der Waals surface area contributed by atoms with Gasteiger partial charge >= 0.3 is 5.97 Å². The summed E-state index contributed by atoms with van der Waals surface area (Å²) in [4.78, 5) is 11.6. The first-order valence-corrected chi connectivity index (χ1v) is 5.84. The Hall–Kier alpha value is -1.88. The highest BCUT2D eigenvalue weighted by atomic mass is 32.1. The van der Waals surface area contributed by atoms with Crippen molar-refractivity contribution in [1.29, 1.82) is 0 Å². The number of nitrogen functional groups attached to an aromatic ring is 1. The second kappa shape index (κ2) is 4.97. The number of anilines is 1. The molecule has 5 heteroatoms. The van der Waals surface area contributed by atoms with E-state index in [-0.39, 0.29) is 12.2 Å². The number of rotatable bonds is 3. The Morgan fingerprint density at radius 2 is 2.24 bits per heavy atom. The summed E-state index contributed by atoms with van der Waals surface area (Å²) in [6.45, 7) is 0.135. The van der Waals surface area contributed by atoms with E-state index in [4.69, 9.17) is 10.5 Å². The van der Waals surface area contributed by atoms with Crippen molar-refractivity contribution in [3.63, 3.8) is 0 Å². The van der Waals surface area contributed by atoms with E-state index < -0.39 is 11.8 Å². The maximum absolute atomic E-state index is 13.3. The van der Waals surface area contributed by atoms with Crippen molar-refractivity contribution in [2.75, 3.05) is 5.73 Å². The number of esters is 1. The summed E-state index contributed by atoms with van der Waals surface area (Å²) in [5.74, 6) is -1.34. The molecule has 1 aromatic heterocycles. The summed E-state index contributed by atoms with van der Waals surface area (Å²) in [5.41, 5.74) is 6.55. The molecule has 0 bridgehead atoms. The quantitative estimate of drug-likeness (QED) is 0.674. The van der Waals surface area contributed by atoms with E-state index in [1.807, 2.05) is 16.8 Å². The molecule has 0 amide bonds. The molecule has 17 heavy (non-hydrogen) atoms. The molecule has 1 aromatic carbocycles. The number of carbonyl (C=O) groups excluding carboxylic acids is 1. The highest BCUT2D eigenvalue weighted by Gasteiger charge is 2.13. The first kappa shape index (κ1) is 11.6. The van der Waals surface area contributed by atoms with Crippen molar-refractivity contribution in [3.8, 4) is 0 Å². The monoisotopic (exact) mass is 251 g/mol. The van der Waals surface area contributed by atoms with Crippen LogP contribution in [0.3, 0.4) is 0 Å². The number of ether oxygens (including phenoxy) is 1. The molecule has 0 fully saturated rings. The summed E-state index contributed by atoms with van der Waals surface area (Å²) < 4.78 is 18.3. The van der Waals surface area contributed by atoms with Crippen LogP contribution in [0.2, 0.25) is 0 Å². The number of nitrogens with two attached hydrogens (primary N) is 1. The van der Waals surface area contributed by atoms with Gasteiger partial charge in [0.25, 0.3) is 0 Å². The third-order valence-corrected chi connectivity index (χ3v) is 2.89. The van der Waals surface area contributed by atoms with Gasteiger partial charge in [0.1, 0.15) is 12.4 Å². The number of thiophene rings is 1. The fourth-order valence-electron chi connectivity index (χ4n) is 1.30. The molecule has 0 saturated carbocycles. The van der Waals surface area contributed by atoms with Crippen LogP contribution in [0.15, 0.2) is 35.0 Å². The van der Waals surface area contributed by atoms with Gasteiger partial charge in [0, 0.05) is 11.3 Å². The lowest BCUT2D eigenvalue weighted by Gasteiger charge is -2.05. The number of hydrogen-bond donors (Lipinski definition) is 1. The van der Waals surface area contributed by atoms with Crippen LogP contribution in [-0.2, 0) is 11.3 Å². The SMILES string of the molecule is Nc1ccc(F)c(C(=O)OCc2ccsc2)c1. The Kier molecular flexibility index (Phi) is 3.39. The molecule has 2 N–H and O–H groups in total. The third kappa shape index (κ3) is 2.82. The summed E-state index contributed by atoms with van der Waals surface area (Å²) in [5, 5.41) is 3.74. The molecule has 0 radical (unpaired) electrons. The summed E-state index contributed by atoms with van der Waals surface area (Å²) in [6.07, 6.45) is 0. The van der Waals surface area contributed by atoms with Gasteiger partial charge in [-0.1, -0.05) is 0 Å². The van der Waals surface area contributed by atoms with Gasteiger partial charge in [0.05, 0.1) is 5.56 Å². The fraction of sp³-hybridized carbons (Fsp3) is 0.0833. The number of hydrogen-bond acceptors (Lipinski definition) is 4. The second-order valence-electron chi connectivity index (χ2n) is 3.45. The van der Waals surface area contributed by atoms with Gasteiger partial charge in [-0.2, -0.15) is 11.3 Å². The predicted molar refractivity (Wildman–Crippen MR) is 64.3 cm³/mol. The van der Waals surface area contributed by atoms with Crippen LogP contribution >= 0.6 is 11.3 Å². The lowest BCUT2D eigenvalue weighted by Crippen LogP contribution is -2.08. The van der Waals surface area contributed by atoms with Crippen molar-refractivity contribution in [3.05, 3.63) is 52.0 Å². The molecule has 2 aromatic rings. The van der Waals surface area contributed by atoms with Gasteiger partial charge in [0.2, 0.25) is 0 Å². The average Bonchev–Trinajstić information content (AvgIpc) is 2.82. The van der Waals surface area contributed by atoms with Crippen LogP contribution < -0.4 is 5.73 Å². The third-order valence-electron chi connectivity index (χ3n) is 2.16. The smallest absolute Gasteiger partial charge is 0.341 e. The largest absolute Gasteiger partial charge is 0.457 e. The van der Waals surface area contributed by atoms with Crippen molar-refractivity contribution in [2.24, 2.45) is 0 Å². The Morgan fingerprint density at radius 1 is 1.41 bits per heavy atom. The Morgan fingerprint density at radius 3 is 2.94 bits per heavy atom. The maximum Gasteiger partial charge on any atom is 0.341 e. The van der Waals surface area contributed by atoms with E-state index in [9.17, 15) is 9.18 Å². The fourth-order valence-corrected chi connectivity index (χ4v) is 1.95. The molecule has 0 spiro atoms. The normalized spacial score (nSPS) is 10.2. The lowest BCUT2D eigenvalue weighted by atomic mass is 10.2. The number of halogens is 1. The zero-order valence-electron chi connectivity index (χ0n) is 8.85. The van der Waals surface area contributed by atoms with Gasteiger partial charge in [-0.3, -0.25) is 0 Å². The van der Waals surface area contributed by atoms with Gasteiger partial charge in [-0.15, -0.1) is 0 Å². The molecule has 0 atom stereocenters. The molecule has 0 saturated heterocycles. The molecule has 0 aliphatic carbocycles. The molecule has 3 nitrogen and oxygen atoms in total. The zero-order valence-corrected chi connectivity index (χ0v) is 9.67. The Labute approximate surface area is 102 Å². The molecular formula is C12H10FNO2S. The topological polar surface area (TPSA) is 52.3 Å². The van der Waals surface area contributed by atoms with Crippen molar-refractivity contribution in [1.82, 2.24) is 0 Å². The van der Waals surface area contributed by atoms with Crippen LogP contribution in [0.5, 0.6) is 0 Å². The minimum atomic E-state index is -0.707. The minimum Gasteiger partial charge on any atom is -0.457 e. The van der Waals surface area contributed by atoms with E-state index in [0.29, 0.717) is 5.69 Å². The highest BCUT2D eigenvalue weighted by Crippen LogP contribution is 2.15. The van der Waals surface area contributed by atoms with E-state index in [0.717, 1.165) is 11.6 Å². The molecule has 2 rings (SSSR count). The van der Waals surface area contributed by atoms with Gasteiger partial charge in [0.15, 0.2) is 0 Å². The first-order chi connectivity index (χ1) is 8.16. The summed E-state index contributed by atoms with van der Waals surface area (Å²) >= 11 is 1.51. The van der Waals surface area contributed by atoms with Crippen molar-refractivity contribution >= 4 is 23.0 Å². The second-order valence-corrected chi connectivity index (χ2v) is 4.23. The van der Waals surface area contributed by atoms with Crippen LogP contribution in [0.4, 0.5) is 10.1 Å². The molecule has 0 unspecified atom stereocenters. The molecular weight excluding hydrogens is 241 g/mol. The summed E-state index contributed by atoms with van der Waals surface area (Å²) in [6, 6.07) is 5.65. The first-order valence-electron chi connectivity index (χ1n) is 4.90. The van der Waals surface area contributed by atoms with Crippen LogP contribution in [-0.4, -0.2) is 5.97 Å². The molecule has 1 heterocycles. The van der Waals surface area contributed by atoms with Gasteiger partial charge in [-0.25, -0.2) is 9.18 Å². The Balaban J connectivity index is 2.07. The standard InChI is InChI=1S/C12H10FNO2S/c13-11-2-1-9(14)5-10(11)12(15)16-6-8-3-4-17-7-8/h1-5,7H,6,14H2. The lowest BCUT2D eigenvalue weighted by molar-refractivity contribution is 0.0468. The van der Waals surface area contributed by atoms with E-state index in [2.05, 4.69) is 0 Å². The number of benzene rings is 1. The predicted octanol–water partition coefficient (Wildman–Crippen LogP) is 2.83. The molecule has 0 aliphatic rings. The van der Waals surface area contributed by atoms with E-state index in [1.54, 1.807) is 0 Å². The minimum absolute atomic E-state index is 0.135. The van der Waals surface area contributed by atoms with Crippen molar-refractivity contribution < 1.29 is 13.9 Å². The average molecular weight is 251 g/mol. The van der Waals surface area contributed by atoms with Crippen molar-refractivity contribution in [2.45, 2.75) is 6.61 Å². The molecule has 88 valence electrons. The van der Waals surface area contributed by atoms with E-state index in [1.165, 1.54) is 23.5 Å². The van der Waals surface area contributed by atoms with Crippen LogP contribution in [0, 0.1) is 5.82 Å². The highest BCUT2D eigenvalue weighted by molar-refractivity contribution is 7.07. The number of carbonyl (C=O) groups is 1.